The summed E-state index contributed by atoms with van der Waals surface area (Å²) in [7, 11) is -1.35. The third-order valence-electron chi connectivity index (χ3n) is 1.85. The highest BCUT2D eigenvalue weighted by molar-refractivity contribution is 6.83. The Bertz CT molecular complexity index is 318. The van der Waals surface area contributed by atoms with Crippen LogP contribution in [0.3, 0.4) is 0 Å². The zero-order valence-electron chi connectivity index (χ0n) is 11.1. The second kappa shape index (κ2) is 8.10. The van der Waals surface area contributed by atoms with Crippen molar-refractivity contribution in [3.8, 4) is 11.5 Å². The van der Waals surface area contributed by atoms with Crippen LogP contribution in [0.25, 0.3) is 0 Å². The molecule has 17 heavy (non-hydrogen) atoms. The molecule has 0 aliphatic carbocycles. The van der Waals surface area contributed by atoms with Crippen LogP contribution in [0, 0.1) is 17.4 Å². The van der Waals surface area contributed by atoms with E-state index in [0.717, 1.165) is 0 Å². The molecule has 0 bridgehead atoms. The third-order valence-corrected chi connectivity index (χ3v) is 2.78. The van der Waals surface area contributed by atoms with E-state index in [1.807, 2.05) is 0 Å². The topological polar surface area (TPSA) is 46.5 Å². The number of aliphatic hydroxyl groups is 1. The molecule has 0 saturated heterocycles. The average Bonchev–Trinajstić information content (AvgIpc) is 2.22. The van der Waals surface area contributed by atoms with Crippen LogP contribution < -0.4 is 0 Å². The van der Waals surface area contributed by atoms with E-state index >= 15 is 0 Å². The Morgan fingerprint density at radius 2 is 2.12 bits per heavy atom. The molecule has 4 heteroatoms. The number of hydrogen-bond donors (Lipinski definition) is 1. The van der Waals surface area contributed by atoms with Crippen LogP contribution in [0.5, 0.6) is 0 Å². The first kappa shape index (κ1) is 15.9. The summed E-state index contributed by atoms with van der Waals surface area (Å²) in [4.78, 5) is 11.1. The predicted molar refractivity (Wildman–Crippen MR) is 72.1 cm³/mol. The molecular formula is C13H22O3Si. The first-order valence-corrected chi connectivity index (χ1v) is 9.35. The summed E-state index contributed by atoms with van der Waals surface area (Å²) in [6.07, 6.45) is 3.61. The number of rotatable bonds is 5. The van der Waals surface area contributed by atoms with Crippen molar-refractivity contribution in [2.45, 2.75) is 33.0 Å². The van der Waals surface area contributed by atoms with E-state index in [1.165, 1.54) is 6.08 Å². The molecular weight excluding hydrogens is 232 g/mol. The Morgan fingerprint density at radius 1 is 1.47 bits per heavy atom. The smallest absolute Gasteiger partial charge is 0.330 e. The lowest BCUT2D eigenvalue weighted by atomic mass is 10.1. The molecule has 0 fully saturated rings. The highest BCUT2D eigenvalue weighted by Crippen LogP contribution is 2.04. The first-order chi connectivity index (χ1) is 7.89. The third kappa shape index (κ3) is 9.85. The van der Waals surface area contributed by atoms with Gasteiger partial charge in [0.15, 0.2) is 0 Å². The van der Waals surface area contributed by atoms with Gasteiger partial charge in [-0.05, 0) is 6.92 Å². The maximum Gasteiger partial charge on any atom is 0.330 e. The molecule has 0 aromatic heterocycles. The van der Waals surface area contributed by atoms with E-state index < -0.39 is 8.07 Å². The van der Waals surface area contributed by atoms with Crippen molar-refractivity contribution in [2.75, 3.05) is 13.2 Å². The fourth-order valence-electron chi connectivity index (χ4n) is 1.05. The molecule has 1 N–H and O–H groups in total. The van der Waals surface area contributed by atoms with Crippen molar-refractivity contribution in [3.05, 3.63) is 12.2 Å². The maximum atomic E-state index is 11.1. The van der Waals surface area contributed by atoms with Crippen LogP contribution in [0.4, 0.5) is 0 Å². The zero-order chi connectivity index (χ0) is 13.3. The SMILES string of the molecule is CCOC(=O)/C=C/[C@H](CO)CC#C[Si](C)(C)C. The number of ether oxygens (including phenoxy) is 1. The van der Waals surface area contributed by atoms with Gasteiger partial charge in [-0.3, -0.25) is 0 Å². The maximum absolute atomic E-state index is 11.1. The van der Waals surface area contributed by atoms with Gasteiger partial charge in [0.05, 0.1) is 13.2 Å². The van der Waals surface area contributed by atoms with Crippen LogP contribution in [-0.4, -0.2) is 32.4 Å². The van der Waals surface area contributed by atoms with Crippen LogP contribution >= 0.6 is 0 Å². The summed E-state index contributed by atoms with van der Waals surface area (Å²) in [6, 6.07) is 0. The summed E-state index contributed by atoms with van der Waals surface area (Å²) in [5, 5.41) is 9.14. The lowest BCUT2D eigenvalue weighted by molar-refractivity contribution is -0.137. The van der Waals surface area contributed by atoms with Gasteiger partial charge in [-0.2, -0.15) is 0 Å². The molecule has 1 atom stereocenters. The Morgan fingerprint density at radius 3 is 2.59 bits per heavy atom. The minimum atomic E-state index is -1.35. The van der Waals surface area contributed by atoms with Crippen molar-refractivity contribution < 1.29 is 14.6 Å². The molecule has 0 aliphatic heterocycles. The summed E-state index contributed by atoms with van der Waals surface area (Å²) < 4.78 is 4.76. The molecule has 0 aliphatic rings. The van der Waals surface area contributed by atoms with Gasteiger partial charge in [0.2, 0.25) is 0 Å². The van der Waals surface area contributed by atoms with Crippen molar-refractivity contribution >= 4 is 14.0 Å². The number of hydrogen-bond acceptors (Lipinski definition) is 3. The number of esters is 1. The second-order valence-electron chi connectivity index (χ2n) is 4.81. The van der Waals surface area contributed by atoms with Gasteiger partial charge in [-0.1, -0.05) is 25.7 Å². The fourth-order valence-corrected chi connectivity index (χ4v) is 1.68. The van der Waals surface area contributed by atoms with E-state index in [0.29, 0.717) is 13.0 Å². The number of carbonyl (C=O) groups excluding carboxylic acids is 1. The Labute approximate surface area is 105 Å². The molecule has 0 unspecified atom stereocenters. The molecule has 96 valence electrons. The van der Waals surface area contributed by atoms with Gasteiger partial charge < -0.3 is 9.84 Å². The highest BCUT2D eigenvalue weighted by Gasteiger charge is 2.08. The summed E-state index contributed by atoms with van der Waals surface area (Å²) in [6.45, 7) is 8.63. The van der Waals surface area contributed by atoms with E-state index in [4.69, 9.17) is 9.84 Å². The Hall–Kier alpha value is -1.05. The van der Waals surface area contributed by atoms with E-state index in [2.05, 4.69) is 31.1 Å². The molecule has 0 heterocycles. The van der Waals surface area contributed by atoms with Crippen LogP contribution in [0.15, 0.2) is 12.2 Å². The van der Waals surface area contributed by atoms with Crippen molar-refractivity contribution in [1.82, 2.24) is 0 Å². The molecule has 0 amide bonds. The summed E-state index contributed by atoms with van der Waals surface area (Å²) >= 11 is 0. The second-order valence-corrected chi connectivity index (χ2v) is 9.56. The van der Waals surface area contributed by atoms with Crippen molar-refractivity contribution in [1.29, 1.82) is 0 Å². The van der Waals surface area contributed by atoms with Crippen molar-refractivity contribution in [2.24, 2.45) is 5.92 Å². The van der Waals surface area contributed by atoms with Gasteiger partial charge in [-0.15, -0.1) is 11.5 Å². The number of aliphatic hydroxyl groups excluding tert-OH is 1. The molecule has 0 saturated carbocycles. The van der Waals surface area contributed by atoms with Crippen LogP contribution in [-0.2, 0) is 9.53 Å². The fraction of sp³-hybridized carbons (Fsp3) is 0.615. The van der Waals surface area contributed by atoms with Crippen molar-refractivity contribution in [3.63, 3.8) is 0 Å². The quantitative estimate of drug-likeness (QED) is 0.353. The van der Waals surface area contributed by atoms with E-state index in [1.54, 1.807) is 13.0 Å². The molecule has 0 aromatic rings. The number of carbonyl (C=O) groups is 1. The molecule has 0 spiro atoms. The normalized spacial score (nSPS) is 13.0. The average molecular weight is 254 g/mol. The largest absolute Gasteiger partial charge is 0.463 e. The van der Waals surface area contributed by atoms with Gasteiger partial charge in [0.25, 0.3) is 0 Å². The lowest BCUT2D eigenvalue weighted by Gasteiger charge is -2.06. The van der Waals surface area contributed by atoms with Gasteiger partial charge in [-0.25, -0.2) is 4.79 Å². The summed E-state index contributed by atoms with van der Waals surface area (Å²) in [5.74, 6) is 2.62. The minimum Gasteiger partial charge on any atom is -0.463 e. The predicted octanol–water partition coefficient (Wildman–Crippen LogP) is 1.99. The molecule has 0 radical (unpaired) electrons. The van der Waals surface area contributed by atoms with E-state index in [-0.39, 0.29) is 18.5 Å². The lowest BCUT2D eigenvalue weighted by Crippen LogP contribution is -2.16. The summed E-state index contributed by atoms with van der Waals surface area (Å²) in [5.41, 5.74) is 3.23. The molecule has 0 aromatic carbocycles. The Balaban J connectivity index is 4.25. The van der Waals surface area contributed by atoms with Gasteiger partial charge >= 0.3 is 5.97 Å². The van der Waals surface area contributed by atoms with Crippen LogP contribution in [0.2, 0.25) is 19.6 Å². The molecule has 3 nitrogen and oxygen atoms in total. The zero-order valence-corrected chi connectivity index (χ0v) is 12.1. The Kier molecular flexibility index (Phi) is 7.60. The monoisotopic (exact) mass is 254 g/mol. The molecule has 0 rings (SSSR count). The van der Waals surface area contributed by atoms with Crippen LogP contribution in [0.1, 0.15) is 13.3 Å². The van der Waals surface area contributed by atoms with Gasteiger partial charge in [0.1, 0.15) is 8.07 Å². The minimum absolute atomic E-state index is 0.00369. The van der Waals surface area contributed by atoms with E-state index in [9.17, 15) is 4.79 Å². The first-order valence-electron chi connectivity index (χ1n) is 5.85. The standard InChI is InChI=1S/C13H22O3Si/c1-5-16-13(15)9-8-12(11-14)7-6-10-17(2,3)4/h8-9,12,14H,5,7,11H2,1-4H3/b9-8+/t12-/m1/s1. The van der Waals surface area contributed by atoms with Gasteiger partial charge in [0, 0.05) is 18.4 Å². The highest BCUT2D eigenvalue weighted by atomic mass is 28.3.